The van der Waals surface area contributed by atoms with Crippen molar-refractivity contribution in [2.45, 2.75) is 38.9 Å². The molecule has 0 aliphatic carbocycles. The number of benzene rings is 1. The molecule has 0 atom stereocenters. The Morgan fingerprint density at radius 2 is 0.968 bits per heavy atom. The first-order valence-electron chi connectivity index (χ1n) is 11.7. The van der Waals surface area contributed by atoms with E-state index in [1.165, 1.54) is 5.56 Å². The number of nitrogens with one attached hydrogen (secondary N) is 3. The number of phenolic OH excluding ortho intramolecular Hbond substituents is 1. The van der Waals surface area contributed by atoms with Gasteiger partial charge in [0, 0.05) is 30.8 Å². The highest BCUT2D eigenvalue weighted by molar-refractivity contribution is 5.44. The average Bonchev–Trinajstić information content (AvgIpc) is 2.69. The predicted molar refractivity (Wildman–Crippen MR) is 133 cm³/mol. The van der Waals surface area contributed by atoms with Gasteiger partial charge in [0.2, 0.25) is 0 Å². The van der Waals surface area contributed by atoms with Gasteiger partial charge in [0.25, 0.3) is 0 Å². The minimum Gasteiger partial charge on any atom is -0.507 e. The standard InChI is InChI=1S/C24H48N6O/c1-28(2)13-7-10-25-18-21-16-22(19-26-11-8-14-29(3)4)24(31)23(17-21)20-27-12-9-15-30(5)6/h16-17,25-27,31H,7-15,18-20H2,1-6H3. The van der Waals surface area contributed by atoms with Gasteiger partial charge in [0.1, 0.15) is 5.75 Å². The van der Waals surface area contributed by atoms with Gasteiger partial charge >= 0.3 is 0 Å². The van der Waals surface area contributed by atoms with E-state index in [1.54, 1.807) is 0 Å². The Morgan fingerprint density at radius 3 is 1.32 bits per heavy atom. The molecule has 1 aromatic rings. The number of rotatable bonds is 18. The lowest BCUT2D eigenvalue weighted by Crippen LogP contribution is -2.23. The quantitative estimate of drug-likeness (QED) is 0.260. The van der Waals surface area contributed by atoms with E-state index in [4.69, 9.17) is 0 Å². The fraction of sp³-hybridized carbons (Fsp3) is 0.750. The largest absolute Gasteiger partial charge is 0.507 e. The highest BCUT2D eigenvalue weighted by Gasteiger charge is 2.10. The minimum atomic E-state index is 0.427. The highest BCUT2D eigenvalue weighted by Crippen LogP contribution is 2.25. The van der Waals surface area contributed by atoms with Gasteiger partial charge in [-0.05, 0) is 119 Å². The molecule has 0 aliphatic rings. The predicted octanol–water partition coefficient (Wildman–Crippen LogP) is 1.52. The average molecular weight is 437 g/mol. The second-order valence-electron chi connectivity index (χ2n) is 9.26. The molecular formula is C24H48N6O. The Hall–Kier alpha value is -1.22. The van der Waals surface area contributed by atoms with Gasteiger partial charge in [-0.3, -0.25) is 0 Å². The van der Waals surface area contributed by atoms with Gasteiger partial charge in [-0.2, -0.15) is 0 Å². The molecule has 0 saturated carbocycles. The van der Waals surface area contributed by atoms with E-state index >= 15 is 0 Å². The fourth-order valence-electron chi connectivity index (χ4n) is 3.44. The molecule has 0 bridgehead atoms. The highest BCUT2D eigenvalue weighted by atomic mass is 16.3. The first kappa shape index (κ1) is 27.8. The summed E-state index contributed by atoms with van der Waals surface area (Å²) in [4.78, 5) is 6.60. The SMILES string of the molecule is CN(C)CCCNCc1cc(CNCCCN(C)C)c(O)c(CNCCCN(C)C)c1. The van der Waals surface area contributed by atoms with Crippen LogP contribution in [-0.2, 0) is 19.6 Å². The maximum atomic E-state index is 10.9. The molecule has 1 aromatic carbocycles. The Morgan fingerprint density at radius 1 is 0.613 bits per heavy atom. The van der Waals surface area contributed by atoms with Crippen molar-refractivity contribution < 1.29 is 5.11 Å². The summed E-state index contributed by atoms with van der Waals surface area (Å²) in [6, 6.07) is 4.28. The van der Waals surface area contributed by atoms with Gasteiger partial charge in [0.05, 0.1) is 0 Å². The van der Waals surface area contributed by atoms with Crippen LogP contribution >= 0.6 is 0 Å². The summed E-state index contributed by atoms with van der Waals surface area (Å²) in [5.41, 5.74) is 3.21. The van der Waals surface area contributed by atoms with Crippen molar-refractivity contribution in [3.63, 3.8) is 0 Å². The zero-order valence-corrected chi connectivity index (χ0v) is 20.9. The molecule has 0 unspecified atom stereocenters. The van der Waals surface area contributed by atoms with Crippen molar-refractivity contribution in [3.8, 4) is 5.75 Å². The van der Waals surface area contributed by atoms with Crippen LogP contribution in [0.5, 0.6) is 5.75 Å². The molecule has 0 spiro atoms. The first-order chi connectivity index (χ1) is 14.8. The maximum absolute atomic E-state index is 10.9. The van der Waals surface area contributed by atoms with Crippen LogP contribution in [0.15, 0.2) is 12.1 Å². The number of aromatic hydroxyl groups is 1. The molecule has 0 heterocycles. The van der Waals surface area contributed by atoms with Gasteiger partial charge in [0.15, 0.2) is 0 Å². The van der Waals surface area contributed by atoms with Crippen LogP contribution in [-0.4, -0.2) is 101 Å². The van der Waals surface area contributed by atoms with E-state index in [0.29, 0.717) is 18.8 Å². The van der Waals surface area contributed by atoms with E-state index in [-0.39, 0.29) is 0 Å². The van der Waals surface area contributed by atoms with Gasteiger partial charge in [-0.15, -0.1) is 0 Å². The monoisotopic (exact) mass is 436 g/mol. The Kier molecular flexibility index (Phi) is 14.7. The third-order valence-corrected chi connectivity index (χ3v) is 5.16. The molecule has 0 saturated heterocycles. The van der Waals surface area contributed by atoms with E-state index in [2.05, 4.69) is 85.1 Å². The van der Waals surface area contributed by atoms with Crippen LogP contribution in [0, 0.1) is 0 Å². The van der Waals surface area contributed by atoms with Gasteiger partial charge < -0.3 is 35.8 Å². The van der Waals surface area contributed by atoms with Crippen LogP contribution in [0.2, 0.25) is 0 Å². The number of nitrogens with zero attached hydrogens (tertiary/aromatic N) is 3. The summed E-state index contributed by atoms with van der Waals surface area (Å²) < 4.78 is 0. The Bertz CT molecular complexity index is 552. The van der Waals surface area contributed by atoms with Gasteiger partial charge in [-0.1, -0.05) is 0 Å². The van der Waals surface area contributed by atoms with Crippen LogP contribution < -0.4 is 16.0 Å². The maximum Gasteiger partial charge on any atom is 0.124 e. The third-order valence-electron chi connectivity index (χ3n) is 5.16. The lowest BCUT2D eigenvalue weighted by atomic mass is 10.0. The van der Waals surface area contributed by atoms with Crippen molar-refractivity contribution in [1.29, 1.82) is 0 Å². The van der Waals surface area contributed by atoms with Crippen LogP contribution in [0.1, 0.15) is 36.0 Å². The molecule has 0 amide bonds. The van der Waals surface area contributed by atoms with Crippen LogP contribution in [0.25, 0.3) is 0 Å². The summed E-state index contributed by atoms with van der Waals surface area (Å²) in [5, 5.41) is 21.4. The van der Waals surface area contributed by atoms with E-state index in [9.17, 15) is 5.11 Å². The number of phenols is 1. The zero-order chi connectivity index (χ0) is 23.1. The van der Waals surface area contributed by atoms with Crippen LogP contribution in [0.4, 0.5) is 0 Å². The van der Waals surface area contributed by atoms with E-state index in [1.807, 2.05) is 0 Å². The van der Waals surface area contributed by atoms with Crippen molar-refractivity contribution in [1.82, 2.24) is 30.7 Å². The summed E-state index contributed by atoms with van der Waals surface area (Å²) in [5.74, 6) is 0.427. The molecule has 0 radical (unpaired) electrons. The minimum absolute atomic E-state index is 0.427. The summed E-state index contributed by atoms with van der Waals surface area (Å²) in [6.07, 6.45) is 3.33. The Labute approximate surface area is 191 Å². The molecule has 4 N–H and O–H groups in total. The topological polar surface area (TPSA) is 66.0 Å². The first-order valence-corrected chi connectivity index (χ1v) is 11.7. The molecule has 180 valence electrons. The summed E-state index contributed by atoms with van der Waals surface area (Å²) in [6.45, 7) is 8.33. The van der Waals surface area contributed by atoms with Crippen molar-refractivity contribution in [2.24, 2.45) is 0 Å². The van der Waals surface area contributed by atoms with E-state index < -0.39 is 0 Å². The second kappa shape index (κ2) is 16.4. The summed E-state index contributed by atoms with van der Waals surface area (Å²) in [7, 11) is 12.6. The van der Waals surface area contributed by atoms with Crippen molar-refractivity contribution in [2.75, 3.05) is 81.6 Å². The number of hydrogen-bond acceptors (Lipinski definition) is 7. The molecule has 7 nitrogen and oxygen atoms in total. The molecule has 0 aliphatic heterocycles. The van der Waals surface area contributed by atoms with Gasteiger partial charge in [-0.25, -0.2) is 0 Å². The zero-order valence-electron chi connectivity index (χ0n) is 20.9. The number of hydrogen-bond donors (Lipinski definition) is 4. The van der Waals surface area contributed by atoms with Crippen molar-refractivity contribution in [3.05, 3.63) is 28.8 Å². The lowest BCUT2D eigenvalue weighted by Gasteiger charge is -2.16. The van der Waals surface area contributed by atoms with Crippen molar-refractivity contribution >= 4 is 0 Å². The molecule has 7 heteroatoms. The molecule has 0 fully saturated rings. The Balaban J connectivity index is 2.66. The fourth-order valence-corrected chi connectivity index (χ4v) is 3.44. The molecular weight excluding hydrogens is 388 g/mol. The molecule has 31 heavy (non-hydrogen) atoms. The molecule has 0 aromatic heterocycles. The van der Waals surface area contributed by atoms with Crippen LogP contribution in [0.3, 0.4) is 0 Å². The molecule has 1 rings (SSSR count). The second-order valence-corrected chi connectivity index (χ2v) is 9.26. The van der Waals surface area contributed by atoms with E-state index in [0.717, 1.165) is 76.2 Å². The third kappa shape index (κ3) is 13.7. The lowest BCUT2D eigenvalue weighted by molar-refractivity contribution is 0.392. The smallest absolute Gasteiger partial charge is 0.124 e. The normalized spacial score (nSPS) is 11.9. The summed E-state index contributed by atoms with van der Waals surface area (Å²) >= 11 is 0.